The second-order valence-corrected chi connectivity index (χ2v) is 3.30. The molecule has 0 bridgehead atoms. The van der Waals surface area contributed by atoms with Gasteiger partial charge < -0.3 is 19.9 Å². The van der Waals surface area contributed by atoms with Crippen molar-refractivity contribution in [2.45, 2.75) is 19.8 Å². The van der Waals surface area contributed by atoms with Crippen LogP contribution in [0, 0.1) is 0 Å². The Bertz CT molecular complexity index is 284. The highest BCUT2D eigenvalue weighted by Crippen LogP contribution is 2.12. The molecule has 4 nitrogen and oxygen atoms in total. The Kier molecular flexibility index (Phi) is 5.25. The standard InChI is InChI=1S/C12H19NO3/c1-3-15-12(14,16-4-2)10-13-11-8-6-5-7-9-11/h5-9,13-14H,3-4,10H2,1-2H3. The van der Waals surface area contributed by atoms with E-state index in [1.54, 1.807) is 0 Å². The molecule has 16 heavy (non-hydrogen) atoms. The van der Waals surface area contributed by atoms with Crippen LogP contribution in [0.2, 0.25) is 0 Å². The topological polar surface area (TPSA) is 50.7 Å². The number of aliphatic hydroxyl groups is 1. The molecule has 2 N–H and O–H groups in total. The Morgan fingerprint density at radius 1 is 1.12 bits per heavy atom. The minimum atomic E-state index is -1.56. The van der Waals surface area contributed by atoms with Crippen molar-refractivity contribution in [3.63, 3.8) is 0 Å². The lowest BCUT2D eigenvalue weighted by atomic mass is 10.3. The Balaban J connectivity index is 2.49. The lowest BCUT2D eigenvalue weighted by molar-refractivity contribution is -0.348. The van der Waals surface area contributed by atoms with E-state index in [0.29, 0.717) is 13.2 Å². The highest BCUT2D eigenvalue weighted by molar-refractivity contribution is 5.42. The SMILES string of the molecule is CCOC(O)(CNc1ccccc1)OCC. The smallest absolute Gasteiger partial charge is 0.298 e. The summed E-state index contributed by atoms with van der Waals surface area (Å²) in [5.74, 6) is -1.56. The van der Waals surface area contributed by atoms with Gasteiger partial charge in [0.15, 0.2) is 0 Å². The van der Waals surface area contributed by atoms with Crippen molar-refractivity contribution in [1.29, 1.82) is 0 Å². The molecule has 0 fully saturated rings. The molecule has 0 heterocycles. The van der Waals surface area contributed by atoms with E-state index < -0.39 is 5.97 Å². The van der Waals surface area contributed by atoms with E-state index in [0.717, 1.165) is 5.69 Å². The summed E-state index contributed by atoms with van der Waals surface area (Å²) in [5, 5.41) is 13.0. The lowest BCUT2D eigenvalue weighted by Gasteiger charge is -2.27. The first kappa shape index (κ1) is 13.0. The molecule has 0 aliphatic rings. The number of benzene rings is 1. The summed E-state index contributed by atoms with van der Waals surface area (Å²) in [6.07, 6.45) is 0. The number of para-hydroxylation sites is 1. The highest BCUT2D eigenvalue weighted by atomic mass is 16.8. The van der Waals surface area contributed by atoms with Crippen LogP contribution in [-0.4, -0.2) is 30.8 Å². The van der Waals surface area contributed by atoms with E-state index in [1.165, 1.54) is 0 Å². The van der Waals surface area contributed by atoms with Crippen LogP contribution in [-0.2, 0) is 9.47 Å². The second kappa shape index (κ2) is 6.48. The van der Waals surface area contributed by atoms with Crippen LogP contribution in [0.1, 0.15) is 13.8 Å². The first-order valence-corrected chi connectivity index (χ1v) is 5.49. The average Bonchev–Trinajstić information content (AvgIpc) is 2.29. The summed E-state index contributed by atoms with van der Waals surface area (Å²) >= 11 is 0. The molecule has 0 atom stereocenters. The van der Waals surface area contributed by atoms with E-state index >= 15 is 0 Å². The van der Waals surface area contributed by atoms with Crippen molar-refractivity contribution in [3.05, 3.63) is 30.3 Å². The molecule has 4 heteroatoms. The minimum absolute atomic E-state index is 0.193. The third kappa shape index (κ3) is 4.18. The molecule has 0 spiro atoms. The van der Waals surface area contributed by atoms with Crippen molar-refractivity contribution in [1.82, 2.24) is 0 Å². The summed E-state index contributed by atoms with van der Waals surface area (Å²) < 4.78 is 10.3. The van der Waals surface area contributed by atoms with E-state index in [2.05, 4.69) is 5.32 Å². The van der Waals surface area contributed by atoms with Crippen LogP contribution in [0.5, 0.6) is 0 Å². The Morgan fingerprint density at radius 2 is 1.69 bits per heavy atom. The quantitative estimate of drug-likeness (QED) is 0.695. The second-order valence-electron chi connectivity index (χ2n) is 3.30. The molecular weight excluding hydrogens is 206 g/mol. The van der Waals surface area contributed by atoms with Gasteiger partial charge >= 0.3 is 0 Å². The molecule has 0 aliphatic heterocycles. The van der Waals surface area contributed by atoms with Gasteiger partial charge in [-0.3, -0.25) is 0 Å². The molecule has 0 amide bonds. The molecule has 0 unspecified atom stereocenters. The van der Waals surface area contributed by atoms with Crippen LogP contribution in [0.15, 0.2) is 30.3 Å². The van der Waals surface area contributed by atoms with Crippen molar-refractivity contribution in [2.24, 2.45) is 0 Å². The fourth-order valence-electron chi connectivity index (χ4n) is 1.36. The third-order valence-electron chi connectivity index (χ3n) is 2.03. The van der Waals surface area contributed by atoms with Crippen molar-refractivity contribution < 1.29 is 14.6 Å². The van der Waals surface area contributed by atoms with Gasteiger partial charge in [0.2, 0.25) is 0 Å². The van der Waals surface area contributed by atoms with Crippen LogP contribution in [0.4, 0.5) is 5.69 Å². The number of hydrogen-bond donors (Lipinski definition) is 2. The normalized spacial score (nSPS) is 11.4. The molecule has 90 valence electrons. The third-order valence-corrected chi connectivity index (χ3v) is 2.03. The fraction of sp³-hybridized carbons (Fsp3) is 0.500. The lowest BCUT2D eigenvalue weighted by Crippen LogP contribution is -2.42. The maximum Gasteiger partial charge on any atom is 0.298 e. The van der Waals surface area contributed by atoms with Crippen molar-refractivity contribution in [2.75, 3.05) is 25.1 Å². The molecule has 0 aliphatic carbocycles. The monoisotopic (exact) mass is 225 g/mol. The van der Waals surface area contributed by atoms with Crippen molar-refractivity contribution in [3.8, 4) is 0 Å². The van der Waals surface area contributed by atoms with E-state index in [9.17, 15) is 5.11 Å². The number of ether oxygens (including phenoxy) is 2. The molecule has 1 aromatic carbocycles. The first-order valence-electron chi connectivity index (χ1n) is 5.49. The molecule has 1 rings (SSSR count). The van der Waals surface area contributed by atoms with E-state index in [-0.39, 0.29) is 6.54 Å². The fourth-order valence-corrected chi connectivity index (χ4v) is 1.36. The zero-order chi connectivity index (χ0) is 11.9. The summed E-state index contributed by atoms with van der Waals surface area (Å²) in [4.78, 5) is 0. The summed E-state index contributed by atoms with van der Waals surface area (Å²) in [6.45, 7) is 4.61. The summed E-state index contributed by atoms with van der Waals surface area (Å²) in [7, 11) is 0. The van der Waals surface area contributed by atoms with Crippen molar-refractivity contribution >= 4 is 5.69 Å². The predicted molar refractivity (Wildman–Crippen MR) is 63.1 cm³/mol. The predicted octanol–water partition coefficient (Wildman–Crippen LogP) is 1.82. The van der Waals surface area contributed by atoms with Crippen LogP contribution >= 0.6 is 0 Å². The van der Waals surface area contributed by atoms with Gasteiger partial charge in [-0.05, 0) is 26.0 Å². The Hall–Kier alpha value is -1.10. The Labute approximate surface area is 96.2 Å². The zero-order valence-corrected chi connectivity index (χ0v) is 9.77. The van der Waals surface area contributed by atoms with E-state index in [1.807, 2.05) is 44.2 Å². The van der Waals surface area contributed by atoms with Gasteiger partial charge in [0.1, 0.15) is 0 Å². The van der Waals surface area contributed by atoms with Gasteiger partial charge in [-0.1, -0.05) is 18.2 Å². The number of anilines is 1. The maximum absolute atomic E-state index is 9.97. The number of nitrogens with one attached hydrogen (secondary N) is 1. The van der Waals surface area contributed by atoms with Gasteiger partial charge in [0.05, 0.1) is 6.54 Å². The minimum Gasteiger partial charge on any atom is -0.377 e. The van der Waals surface area contributed by atoms with Gasteiger partial charge in [0.25, 0.3) is 5.97 Å². The first-order chi connectivity index (χ1) is 7.70. The number of hydrogen-bond acceptors (Lipinski definition) is 4. The molecule has 0 radical (unpaired) electrons. The average molecular weight is 225 g/mol. The molecule has 0 saturated carbocycles. The number of rotatable bonds is 7. The van der Waals surface area contributed by atoms with Gasteiger partial charge in [-0.2, -0.15) is 0 Å². The van der Waals surface area contributed by atoms with Gasteiger partial charge in [-0.25, -0.2) is 0 Å². The zero-order valence-electron chi connectivity index (χ0n) is 9.77. The molecule has 1 aromatic rings. The molecular formula is C12H19NO3. The van der Waals surface area contributed by atoms with Gasteiger partial charge in [0, 0.05) is 18.9 Å². The summed E-state index contributed by atoms with van der Waals surface area (Å²) in [6, 6.07) is 9.60. The van der Waals surface area contributed by atoms with Crippen LogP contribution in [0.3, 0.4) is 0 Å². The van der Waals surface area contributed by atoms with E-state index in [4.69, 9.17) is 9.47 Å². The van der Waals surface area contributed by atoms with Crippen LogP contribution in [0.25, 0.3) is 0 Å². The Morgan fingerprint density at radius 3 is 2.19 bits per heavy atom. The summed E-state index contributed by atoms with van der Waals surface area (Å²) in [5.41, 5.74) is 0.917. The molecule has 0 saturated heterocycles. The highest BCUT2D eigenvalue weighted by Gasteiger charge is 2.27. The largest absolute Gasteiger partial charge is 0.377 e. The van der Waals surface area contributed by atoms with Gasteiger partial charge in [-0.15, -0.1) is 0 Å². The maximum atomic E-state index is 9.97. The van der Waals surface area contributed by atoms with Crippen LogP contribution < -0.4 is 5.32 Å². The molecule has 0 aromatic heterocycles.